The van der Waals surface area contributed by atoms with E-state index >= 15 is 0 Å². The number of amides is 2. The van der Waals surface area contributed by atoms with Crippen molar-refractivity contribution < 1.29 is 14.0 Å². The van der Waals surface area contributed by atoms with Crippen LogP contribution in [0.15, 0.2) is 10.5 Å². The second kappa shape index (κ2) is 7.40. The quantitative estimate of drug-likeness (QED) is 0.856. The number of carbonyl (C=O) groups excluding carboxylic acids is 2. The fourth-order valence-corrected chi connectivity index (χ4v) is 4.30. The summed E-state index contributed by atoms with van der Waals surface area (Å²) in [5.41, 5.74) is 1.13. The molecule has 0 aromatic carbocycles. The summed E-state index contributed by atoms with van der Waals surface area (Å²) < 4.78 is 5.92. The van der Waals surface area contributed by atoms with Crippen molar-refractivity contribution >= 4 is 11.8 Å². The summed E-state index contributed by atoms with van der Waals surface area (Å²) in [5.74, 6) is 1.26. The third-order valence-corrected chi connectivity index (χ3v) is 5.80. The van der Waals surface area contributed by atoms with Crippen LogP contribution < -0.4 is 5.32 Å². The number of piperazine rings is 2. The maximum Gasteiger partial charge on any atom is 0.289 e. The number of furan rings is 1. The van der Waals surface area contributed by atoms with E-state index in [0.717, 1.165) is 50.5 Å². The van der Waals surface area contributed by atoms with Gasteiger partial charge in [0.15, 0.2) is 5.76 Å². The van der Waals surface area contributed by atoms with Crippen molar-refractivity contribution in [2.75, 3.05) is 45.8 Å². The van der Waals surface area contributed by atoms with Crippen LogP contribution in [-0.4, -0.2) is 78.4 Å². The maximum absolute atomic E-state index is 13.0. The average Bonchev–Trinajstić information content (AvgIpc) is 3.31. The fraction of sp³-hybridized carbons (Fsp3) is 0.684. The summed E-state index contributed by atoms with van der Waals surface area (Å²) >= 11 is 0. The zero-order valence-corrected chi connectivity index (χ0v) is 15.5. The third-order valence-electron chi connectivity index (χ3n) is 5.80. The first-order valence-corrected chi connectivity index (χ1v) is 9.80. The molecule has 142 valence electrons. The van der Waals surface area contributed by atoms with Crippen LogP contribution in [0.25, 0.3) is 0 Å². The van der Waals surface area contributed by atoms with Gasteiger partial charge in [-0.3, -0.25) is 19.4 Å². The van der Waals surface area contributed by atoms with Gasteiger partial charge < -0.3 is 14.6 Å². The molecule has 0 bridgehead atoms. The van der Waals surface area contributed by atoms with Gasteiger partial charge in [0, 0.05) is 51.3 Å². The first-order valence-electron chi connectivity index (χ1n) is 9.80. The number of nitrogens with one attached hydrogen (secondary N) is 1. The van der Waals surface area contributed by atoms with Gasteiger partial charge in [-0.25, -0.2) is 0 Å². The first kappa shape index (κ1) is 17.5. The van der Waals surface area contributed by atoms with E-state index in [1.54, 1.807) is 4.90 Å². The summed E-state index contributed by atoms with van der Waals surface area (Å²) in [4.78, 5) is 31.4. The van der Waals surface area contributed by atoms with Gasteiger partial charge in [-0.05, 0) is 32.0 Å². The summed E-state index contributed by atoms with van der Waals surface area (Å²) in [6, 6.07) is 1.69. The highest BCUT2D eigenvalue weighted by molar-refractivity contribution is 5.93. The van der Waals surface area contributed by atoms with E-state index in [0.29, 0.717) is 25.4 Å². The van der Waals surface area contributed by atoms with Gasteiger partial charge in [0.25, 0.3) is 5.91 Å². The van der Waals surface area contributed by atoms with E-state index in [2.05, 4.69) is 22.0 Å². The molecule has 3 aliphatic heterocycles. The Balaban J connectivity index is 1.47. The highest BCUT2D eigenvalue weighted by Gasteiger charge is 2.37. The van der Waals surface area contributed by atoms with E-state index in [-0.39, 0.29) is 17.9 Å². The minimum Gasteiger partial charge on any atom is -0.456 e. The molecule has 1 N–H and O–H groups in total. The van der Waals surface area contributed by atoms with E-state index in [4.69, 9.17) is 4.42 Å². The van der Waals surface area contributed by atoms with Crippen molar-refractivity contribution in [2.24, 2.45) is 0 Å². The largest absolute Gasteiger partial charge is 0.456 e. The van der Waals surface area contributed by atoms with Gasteiger partial charge in [-0.1, -0.05) is 6.92 Å². The zero-order chi connectivity index (χ0) is 18.1. The van der Waals surface area contributed by atoms with Crippen LogP contribution in [0.2, 0.25) is 0 Å². The number of carbonyl (C=O) groups is 2. The summed E-state index contributed by atoms with van der Waals surface area (Å²) in [7, 11) is 0. The van der Waals surface area contributed by atoms with Gasteiger partial charge in [0.05, 0.1) is 0 Å². The Kier molecular flexibility index (Phi) is 5.00. The van der Waals surface area contributed by atoms with Crippen LogP contribution in [0.5, 0.6) is 0 Å². The molecule has 0 radical (unpaired) electrons. The van der Waals surface area contributed by atoms with Crippen molar-refractivity contribution in [1.82, 2.24) is 20.0 Å². The van der Waals surface area contributed by atoms with Crippen LogP contribution in [-0.2, 0) is 17.8 Å². The molecule has 0 unspecified atom stereocenters. The normalized spacial score (nSPS) is 24.6. The molecule has 4 heterocycles. The van der Waals surface area contributed by atoms with Crippen LogP contribution in [0.4, 0.5) is 0 Å². The molecule has 1 aromatic rings. The number of fused-ring (bicyclic) bond motifs is 1. The van der Waals surface area contributed by atoms with Crippen LogP contribution in [0.3, 0.4) is 0 Å². The number of aryl methyl sites for hydroxylation is 1. The number of nitrogens with zero attached hydrogens (tertiary/aromatic N) is 3. The van der Waals surface area contributed by atoms with Crippen LogP contribution >= 0.6 is 0 Å². The molecule has 3 saturated heterocycles. The van der Waals surface area contributed by atoms with E-state index in [9.17, 15) is 9.59 Å². The van der Waals surface area contributed by atoms with Crippen molar-refractivity contribution in [3.05, 3.63) is 23.2 Å². The Morgan fingerprint density at radius 2 is 2.04 bits per heavy atom. The molecule has 26 heavy (non-hydrogen) atoms. The van der Waals surface area contributed by atoms with Gasteiger partial charge in [-0.15, -0.1) is 0 Å². The zero-order valence-electron chi connectivity index (χ0n) is 15.5. The van der Waals surface area contributed by atoms with Gasteiger partial charge in [-0.2, -0.15) is 0 Å². The molecule has 1 aromatic heterocycles. The number of hydrogen-bond acceptors (Lipinski definition) is 5. The SMILES string of the molecule is CCc1oc(C(=O)N2CCN3CCNC(=O)[C@@H]3C2)cc1CN1CCCC1. The Hall–Kier alpha value is -1.86. The lowest BCUT2D eigenvalue weighted by molar-refractivity contribution is -0.131. The maximum atomic E-state index is 13.0. The predicted molar refractivity (Wildman–Crippen MR) is 96.9 cm³/mol. The van der Waals surface area contributed by atoms with E-state index < -0.39 is 0 Å². The van der Waals surface area contributed by atoms with Gasteiger partial charge >= 0.3 is 0 Å². The topological polar surface area (TPSA) is 69.0 Å². The average molecular weight is 360 g/mol. The molecule has 3 aliphatic rings. The molecule has 7 nitrogen and oxygen atoms in total. The van der Waals surface area contributed by atoms with Crippen LogP contribution in [0.1, 0.15) is 41.6 Å². The Morgan fingerprint density at radius 3 is 2.81 bits per heavy atom. The molecule has 7 heteroatoms. The molecule has 1 atom stereocenters. The highest BCUT2D eigenvalue weighted by Crippen LogP contribution is 2.23. The molecule has 2 amide bonds. The molecule has 4 rings (SSSR count). The van der Waals surface area contributed by atoms with Crippen molar-refractivity contribution in [1.29, 1.82) is 0 Å². The lowest BCUT2D eigenvalue weighted by Crippen LogP contribution is -2.64. The Labute approximate surface area is 154 Å². The lowest BCUT2D eigenvalue weighted by Gasteiger charge is -2.42. The summed E-state index contributed by atoms with van der Waals surface area (Å²) in [5, 5.41) is 2.90. The van der Waals surface area contributed by atoms with E-state index in [1.165, 1.54) is 12.8 Å². The summed E-state index contributed by atoms with van der Waals surface area (Å²) in [6.07, 6.45) is 3.28. The monoisotopic (exact) mass is 360 g/mol. The molecular weight excluding hydrogens is 332 g/mol. The molecule has 3 fully saturated rings. The van der Waals surface area contributed by atoms with E-state index in [1.807, 2.05) is 6.07 Å². The molecule has 0 spiro atoms. The van der Waals surface area contributed by atoms with Crippen LogP contribution in [0, 0.1) is 0 Å². The van der Waals surface area contributed by atoms with Crippen molar-refractivity contribution in [3.63, 3.8) is 0 Å². The minimum atomic E-state index is -0.230. The predicted octanol–water partition coefficient (Wildman–Crippen LogP) is 0.694. The third kappa shape index (κ3) is 3.38. The second-order valence-corrected chi connectivity index (χ2v) is 7.49. The molecular formula is C19H28N4O3. The Morgan fingerprint density at radius 1 is 1.23 bits per heavy atom. The Bertz CT molecular complexity index is 680. The molecule has 0 aliphatic carbocycles. The van der Waals surface area contributed by atoms with Gasteiger partial charge in [0.2, 0.25) is 5.91 Å². The summed E-state index contributed by atoms with van der Waals surface area (Å²) in [6.45, 7) is 8.55. The van der Waals surface area contributed by atoms with Gasteiger partial charge in [0.1, 0.15) is 11.8 Å². The number of hydrogen-bond donors (Lipinski definition) is 1. The van der Waals surface area contributed by atoms with Crippen molar-refractivity contribution in [3.8, 4) is 0 Å². The molecule has 0 saturated carbocycles. The minimum absolute atomic E-state index is 0.0252. The standard InChI is InChI=1S/C19H28N4O3/c1-2-16-14(12-21-6-3-4-7-21)11-17(26-16)19(25)23-10-9-22-8-5-20-18(24)15(22)13-23/h11,15H,2-10,12-13H2,1H3,(H,20,24)/t15-/m0/s1. The number of rotatable bonds is 4. The highest BCUT2D eigenvalue weighted by atomic mass is 16.4. The van der Waals surface area contributed by atoms with Crippen molar-refractivity contribution in [2.45, 2.75) is 38.8 Å². The fourth-order valence-electron chi connectivity index (χ4n) is 4.30. The lowest BCUT2D eigenvalue weighted by atomic mass is 10.1. The second-order valence-electron chi connectivity index (χ2n) is 7.49. The first-order chi connectivity index (χ1) is 12.7. The number of likely N-dealkylation sites (tertiary alicyclic amines) is 1. The smallest absolute Gasteiger partial charge is 0.289 e.